The Morgan fingerprint density at radius 3 is 2.50 bits per heavy atom. The standard InChI is InChI=1S/C22H27N3O3/c1-17(19-5-3-2-4-6-19)23-22(26)15-25-11-9-24(10-12-25)14-18-7-8-20-21(13-18)28-16-27-20/h2-8,13,17H,9-12,14-16H2,1H3,(H,23,26)/p+2/t17-/m0/s1. The van der Waals surface area contributed by atoms with Gasteiger partial charge in [-0.1, -0.05) is 30.3 Å². The summed E-state index contributed by atoms with van der Waals surface area (Å²) in [4.78, 5) is 15.3. The number of amides is 1. The van der Waals surface area contributed by atoms with Crippen LogP contribution < -0.4 is 24.6 Å². The zero-order valence-corrected chi connectivity index (χ0v) is 16.4. The first-order valence-electron chi connectivity index (χ1n) is 10.1. The van der Waals surface area contributed by atoms with Crippen LogP contribution in [0.5, 0.6) is 11.5 Å². The number of carbonyl (C=O) groups excluding carboxylic acids is 1. The first-order chi connectivity index (χ1) is 13.7. The first kappa shape index (κ1) is 18.8. The van der Waals surface area contributed by atoms with Crippen LogP contribution in [0.25, 0.3) is 0 Å². The van der Waals surface area contributed by atoms with E-state index < -0.39 is 0 Å². The first-order valence-corrected chi connectivity index (χ1v) is 10.1. The number of quaternary nitrogens is 2. The Morgan fingerprint density at radius 2 is 1.71 bits per heavy atom. The molecule has 2 aliphatic rings. The molecular formula is C22H29N3O3+2. The summed E-state index contributed by atoms with van der Waals surface area (Å²) < 4.78 is 10.9. The Bertz CT molecular complexity index is 804. The summed E-state index contributed by atoms with van der Waals surface area (Å²) in [5, 5.41) is 3.13. The highest BCUT2D eigenvalue weighted by Gasteiger charge is 2.26. The van der Waals surface area contributed by atoms with Crippen molar-refractivity contribution in [2.75, 3.05) is 39.5 Å². The smallest absolute Gasteiger partial charge is 0.275 e. The molecule has 2 heterocycles. The molecule has 0 unspecified atom stereocenters. The van der Waals surface area contributed by atoms with Crippen LogP contribution >= 0.6 is 0 Å². The van der Waals surface area contributed by atoms with E-state index in [4.69, 9.17) is 9.47 Å². The summed E-state index contributed by atoms with van der Waals surface area (Å²) >= 11 is 0. The van der Waals surface area contributed by atoms with Crippen LogP contribution in [0.15, 0.2) is 48.5 Å². The van der Waals surface area contributed by atoms with Gasteiger partial charge in [0.2, 0.25) is 6.79 Å². The quantitative estimate of drug-likeness (QED) is 0.635. The molecule has 2 aliphatic heterocycles. The highest BCUT2D eigenvalue weighted by molar-refractivity contribution is 5.77. The number of rotatable bonds is 6. The number of hydrogen-bond donors (Lipinski definition) is 3. The van der Waals surface area contributed by atoms with Crippen molar-refractivity contribution in [1.29, 1.82) is 0 Å². The Kier molecular flexibility index (Phi) is 5.78. The fourth-order valence-corrected chi connectivity index (χ4v) is 3.99. The zero-order valence-electron chi connectivity index (χ0n) is 16.4. The van der Waals surface area contributed by atoms with Crippen molar-refractivity contribution in [3.05, 3.63) is 59.7 Å². The van der Waals surface area contributed by atoms with E-state index in [0.717, 1.165) is 49.8 Å². The lowest BCUT2D eigenvalue weighted by atomic mass is 10.1. The van der Waals surface area contributed by atoms with Crippen molar-refractivity contribution in [2.24, 2.45) is 0 Å². The molecule has 0 bridgehead atoms. The average molecular weight is 383 g/mol. The molecule has 2 aromatic rings. The maximum absolute atomic E-state index is 12.4. The van der Waals surface area contributed by atoms with Crippen LogP contribution in [-0.4, -0.2) is 45.4 Å². The minimum absolute atomic E-state index is 0.0472. The average Bonchev–Trinajstić information content (AvgIpc) is 3.18. The van der Waals surface area contributed by atoms with Gasteiger partial charge in [0, 0.05) is 5.56 Å². The van der Waals surface area contributed by atoms with Gasteiger partial charge in [-0.05, 0) is 30.7 Å². The molecule has 0 saturated carbocycles. The van der Waals surface area contributed by atoms with E-state index >= 15 is 0 Å². The van der Waals surface area contributed by atoms with E-state index in [1.54, 1.807) is 4.90 Å². The van der Waals surface area contributed by atoms with Crippen LogP contribution in [0.2, 0.25) is 0 Å². The van der Waals surface area contributed by atoms with E-state index in [1.165, 1.54) is 10.5 Å². The molecule has 6 nitrogen and oxygen atoms in total. The molecule has 2 aromatic carbocycles. The third-order valence-electron chi connectivity index (χ3n) is 5.64. The third kappa shape index (κ3) is 4.64. The Balaban J connectivity index is 1.21. The summed E-state index contributed by atoms with van der Waals surface area (Å²) in [5.41, 5.74) is 2.42. The van der Waals surface area contributed by atoms with Gasteiger partial charge in [0.1, 0.15) is 32.7 Å². The summed E-state index contributed by atoms with van der Waals surface area (Å²) in [6.07, 6.45) is 0. The van der Waals surface area contributed by atoms with E-state index in [-0.39, 0.29) is 11.9 Å². The molecule has 0 aromatic heterocycles. The largest absolute Gasteiger partial charge is 0.454 e. The van der Waals surface area contributed by atoms with Crippen molar-refractivity contribution in [1.82, 2.24) is 5.32 Å². The van der Waals surface area contributed by atoms with E-state index in [1.807, 2.05) is 31.2 Å². The lowest BCUT2D eigenvalue weighted by molar-refractivity contribution is -1.02. The van der Waals surface area contributed by atoms with Crippen molar-refractivity contribution in [3.8, 4) is 11.5 Å². The topological polar surface area (TPSA) is 56.4 Å². The summed E-state index contributed by atoms with van der Waals surface area (Å²) in [6, 6.07) is 16.4. The van der Waals surface area contributed by atoms with Gasteiger partial charge in [0.15, 0.2) is 18.0 Å². The molecule has 1 fully saturated rings. The van der Waals surface area contributed by atoms with Crippen LogP contribution in [0.3, 0.4) is 0 Å². The van der Waals surface area contributed by atoms with Crippen LogP contribution in [0, 0.1) is 0 Å². The molecule has 1 atom stereocenters. The highest BCUT2D eigenvalue weighted by atomic mass is 16.7. The number of ether oxygens (including phenoxy) is 2. The molecule has 28 heavy (non-hydrogen) atoms. The molecule has 0 radical (unpaired) electrons. The number of piperazine rings is 1. The van der Waals surface area contributed by atoms with Crippen LogP contribution in [-0.2, 0) is 11.3 Å². The van der Waals surface area contributed by atoms with Crippen molar-refractivity contribution < 1.29 is 24.1 Å². The number of fused-ring (bicyclic) bond motifs is 1. The van der Waals surface area contributed by atoms with Gasteiger partial charge in [-0.15, -0.1) is 0 Å². The summed E-state index contributed by atoms with van der Waals surface area (Å²) in [6.45, 7) is 8.08. The van der Waals surface area contributed by atoms with Crippen LogP contribution in [0.1, 0.15) is 24.1 Å². The minimum Gasteiger partial charge on any atom is -0.454 e. The molecule has 0 aliphatic carbocycles. The van der Waals surface area contributed by atoms with Gasteiger partial charge in [-0.3, -0.25) is 4.79 Å². The van der Waals surface area contributed by atoms with Gasteiger partial charge in [-0.2, -0.15) is 0 Å². The summed E-state index contributed by atoms with van der Waals surface area (Å²) in [7, 11) is 0. The highest BCUT2D eigenvalue weighted by Crippen LogP contribution is 2.32. The second-order valence-corrected chi connectivity index (χ2v) is 7.74. The second-order valence-electron chi connectivity index (χ2n) is 7.74. The number of nitrogens with one attached hydrogen (secondary N) is 3. The Labute approximate surface area is 166 Å². The normalized spacial score (nSPS) is 21.9. The molecule has 4 rings (SSSR count). The molecule has 0 spiro atoms. The van der Waals surface area contributed by atoms with E-state index in [2.05, 4.69) is 29.6 Å². The van der Waals surface area contributed by atoms with Crippen molar-refractivity contribution in [3.63, 3.8) is 0 Å². The molecule has 1 amide bonds. The van der Waals surface area contributed by atoms with E-state index in [0.29, 0.717) is 13.3 Å². The molecule has 1 saturated heterocycles. The third-order valence-corrected chi connectivity index (χ3v) is 5.64. The Morgan fingerprint density at radius 1 is 1.00 bits per heavy atom. The van der Waals surface area contributed by atoms with Gasteiger partial charge in [0.25, 0.3) is 5.91 Å². The fraction of sp³-hybridized carbons (Fsp3) is 0.409. The Hall–Kier alpha value is -2.57. The van der Waals surface area contributed by atoms with Crippen molar-refractivity contribution >= 4 is 5.91 Å². The lowest BCUT2D eigenvalue weighted by Crippen LogP contribution is -3.28. The van der Waals surface area contributed by atoms with E-state index in [9.17, 15) is 4.79 Å². The fourth-order valence-electron chi connectivity index (χ4n) is 3.99. The molecule has 6 heteroatoms. The maximum Gasteiger partial charge on any atom is 0.275 e. The predicted octanol–water partition coefficient (Wildman–Crippen LogP) is -0.424. The zero-order chi connectivity index (χ0) is 19.3. The van der Waals surface area contributed by atoms with Crippen LogP contribution in [0.4, 0.5) is 0 Å². The number of benzene rings is 2. The molecular weight excluding hydrogens is 354 g/mol. The maximum atomic E-state index is 12.4. The lowest BCUT2D eigenvalue weighted by Gasteiger charge is -2.29. The predicted molar refractivity (Wildman–Crippen MR) is 106 cm³/mol. The monoisotopic (exact) mass is 383 g/mol. The molecule has 3 N–H and O–H groups in total. The SMILES string of the molecule is C[C@H](NC(=O)C[NH+]1CC[NH+](Cc2ccc3c(c2)OCO3)CC1)c1ccccc1. The van der Waals surface area contributed by atoms with Gasteiger partial charge in [0.05, 0.1) is 6.04 Å². The van der Waals surface area contributed by atoms with Gasteiger partial charge >= 0.3 is 0 Å². The summed E-state index contributed by atoms with van der Waals surface area (Å²) in [5.74, 6) is 1.82. The van der Waals surface area contributed by atoms with Gasteiger partial charge in [-0.25, -0.2) is 0 Å². The molecule has 148 valence electrons. The van der Waals surface area contributed by atoms with Gasteiger partial charge < -0.3 is 24.6 Å². The second kappa shape index (κ2) is 8.63. The minimum atomic E-state index is 0.0472. The number of carbonyl (C=O) groups is 1. The van der Waals surface area contributed by atoms with Crippen molar-refractivity contribution in [2.45, 2.75) is 19.5 Å². The number of hydrogen-bond acceptors (Lipinski definition) is 3.